The zero-order valence-corrected chi connectivity index (χ0v) is 13.5. The fraction of sp³-hybridized carbons (Fsp3) is 0.154. The van der Waals surface area contributed by atoms with Gasteiger partial charge < -0.3 is 9.73 Å². The molecule has 0 fully saturated rings. The molecule has 0 unspecified atom stereocenters. The van der Waals surface area contributed by atoms with E-state index in [9.17, 15) is 13.2 Å². The third-order valence-corrected chi connectivity index (χ3v) is 4.59. The van der Waals surface area contributed by atoms with Crippen LogP contribution < -0.4 is 10.0 Å². The fourth-order valence-corrected chi connectivity index (χ4v) is 3.20. The second kappa shape index (κ2) is 6.42. The van der Waals surface area contributed by atoms with Gasteiger partial charge in [-0.2, -0.15) is 0 Å². The van der Waals surface area contributed by atoms with E-state index in [0.717, 1.165) is 0 Å². The highest BCUT2D eigenvalue weighted by Gasteiger charge is 2.19. The average molecular weight is 373 g/mol. The quantitative estimate of drug-likeness (QED) is 0.843. The second-order valence-electron chi connectivity index (χ2n) is 4.06. The van der Waals surface area contributed by atoms with Crippen molar-refractivity contribution < 1.29 is 17.6 Å². The Labute approximate surface area is 130 Å². The highest BCUT2D eigenvalue weighted by molar-refractivity contribution is 9.10. The van der Waals surface area contributed by atoms with Crippen LogP contribution in [0.3, 0.4) is 0 Å². The molecule has 112 valence electrons. The molecule has 1 aromatic carbocycles. The lowest BCUT2D eigenvalue weighted by molar-refractivity contribution is 0.0995. The first kappa shape index (κ1) is 15.7. The number of rotatable bonds is 5. The summed E-state index contributed by atoms with van der Waals surface area (Å²) in [5.41, 5.74) is 0.191. The lowest BCUT2D eigenvalue weighted by Crippen LogP contribution is -2.25. The summed E-state index contributed by atoms with van der Waals surface area (Å²) in [6.07, 6.45) is 0. The van der Waals surface area contributed by atoms with Crippen molar-refractivity contribution in [1.82, 2.24) is 4.72 Å². The molecule has 1 heterocycles. The molecule has 0 saturated carbocycles. The van der Waals surface area contributed by atoms with Crippen LogP contribution in [0.5, 0.6) is 0 Å². The maximum Gasteiger partial charge on any atom is 0.291 e. The molecule has 2 N–H and O–H groups in total. The smallest absolute Gasteiger partial charge is 0.291 e. The molecule has 6 nitrogen and oxygen atoms in total. The topological polar surface area (TPSA) is 88.4 Å². The van der Waals surface area contributed by atoms with Gasteiger partial charge in [-0.1, -0.05) is 19.1 Å². The van der Waals surface area contributed by atoms with Crippen molar-refractivity contribution in [2.45, 2.75) is 11.8 Å². The molecule has 0 radical (unpaired) electrons. The molecule has 1 aromatic heterocycles. The zero-order valence-electron chi connectivity index (χ0n) is 11.1. The minimum Gasteiger partial charge on any atom is -0.444 e. The van der Waals surface area contributed by atoms with Crippen LogP contribution in [0, 0.1) is 0 Å². The Morgan fingerprint density at radius 2 is 1.95 bits per heavy atom. The molecule has 0 spiro atoms. The summed E-state index contributed by atoms with van der Waals surface area (Å²) in [5, 5.41) is 2.53. The van der Waals surface area contributed by atoms with Crippen LogP contribution in [0.1, 0.15) is 17.5 Å². The fourth-order valence-electron chi connectivity index (χ4n) is 1.69. The number of nitrogens with one attached hydrogen (secondary N) is 2. The molecular weight excluding hydrogens is 360 g/mol. The monoisotopic (exact) mass is 372 g/mol. The maximum atomic E-state index is 12.1. The van der Waals surface area contributed by atoms with E-state index in [0.29, 0.717) is 4.67 Å². The van der Waals surface area contributed by atoms with Gasteiger partial charge in [-0.05, 0) is 40.2 Å². The molecule has 1 amide bonds. The number of carbonyl (C=O) groups is 1. The predicted octanol–water partition coefficient (Wildman–Crippen LogP) is 2.59. The van der Waals surface area contributed by atoms with Crippen LogP contribution in [0.4, 0.5) is 5.69 Å². The first-order valence-electron chi connectivity index (χ1n) is 6.09. The van der Waals surface area contributed by atoms with Crippen molar-refractivity contribution in [3.8, 4) is 0 Å². The molecule has 0 aliphatic rings. The highest BCUT2D eigenvalue weighted by Crippen LogP contribution is 2.22. The lowest BCUT2D eigenvalue weighted by Gasteiger charge is -2.11. The summed E-state index contributed by atoms with van der Waals surface area (Å²) in [4.78, 5) is 12.0. The predicted molar refractivity (Wildman–Crippen MR) is 81.7 cm³/mol. The number of hydrogen-bond acceptors (Lipinski definition) is 4. The minimum atomic E-state index is -3.67. The Morgan fingerprint density at radius 3 is 2.57 bits per heavy atom. The summed E-state index contributed by atoms with van der Waals surface area (Å²) >= 11 is 3.10. The number of hydrogen-bond donors (Lipinski definition) is 2. The van der Waals surface area contributed by atoms with Gasteiger partial charge in [0.2, 0.25) is 10.0 Å². The van der Waals surface area contributed by atoms with E-state index in [1.807, 2.05) is 0 Å². The standard InChI is InChI=1S/C13H13BrN2O4S/c1-2-15-21(18,19)11-6-4-3-5-9(11)16-13(17)10-7-8-12(14)20-10/h3-8,15H,2H2,1H3,(H,16,17). The molecule has 0 aliphatic heterocycles. The van der Waals surface area contributed by atoms with E-state index >= 15 is 0 Å². The molecular formula is C13H13BrN2O4S. The Bertz CT molecular complexity index is 755. The average Bonchev–Trinajstić information content (AvgIpc) is 2.86. The van der Waals surface area contributed by atoms with Gasteiger partial charge >= 0.3 is 0 Å². The van der Waals surface area contributed by atoms with Crippen molar-refractivity contribution in [2.24, 2.45) is 0 Å². The number of anilines is 1. The van der Waals surface area contributed by atoms with Gasteiger partial charge in [0.05, 0.1) is 5.69 Å². The summed E-state index contributed by atoms with van der Waals surface area (Å²) in [7, 11) is -3.67. The summed E-state index contributed by atoms with van der Waals surface area (Å²) in [6.45, 7) is 1.94. The number of halogens is 1. The normalized spacial score (nSPS) is 11.3. The van der Waals surface area contributed by atoms with Gasteiger partial charge in [0.1, 0.15) is 4.90 Å². The molecule has 2 rings (SSSR count). The van der Waals surface area contributed by atoms with Crippen LogP contribution in [-0.2, 0) is 10.0 Å². The van der Waals surface area contributed by atoms with E-state index < -0.39 is 15.9 Å². The van der Waals surface area contributed by atoms with Crippen molar-refractivity contribution in [2.75, 3.05) is 11.9 Å². The van der Waals surface area contributed by atoms with Crippen LogP contribution in [-0.4, -0.2) is 20.9 Å². The van der Waals surface area contributed by atoms with Crippen LogP contribution in [0.25, 0.3) is 0 Å². The Hall–Kier alpha value is -1.64. The van der Waals surface area contributed by atoms with E-state index in [1.54, 1.807) is 25.1 Å². The van der Waals surface area contributed by atoms with Crippen LogP contribution in [0.15, 0.2) is 50.4 Å². The zero-order chi connectivity index (χ0) is 15.5. The molecule has 0 saturated heterocycles. The number of para-hydroxylation sites is 1. The van der Waals surface area contributed by atoms with Crippen LogP contribution in [0.2, 0.25) is 0 Å². The molecule has 0 atom stereocenters. The summed E-state index contributed by atoms with van der Waals surface area (Å²) in [6, 6.07) is 9.23. The molecule has 0 aliphatic carbocycles. The number of benzene rings is 1. The largest absolute Gasteiger partial charge is 0.444 e. The maximum absolute atomic E-state index is 12.1. The number of carbonyl (C=O) groups excluding carboxylic acids is 1. The van der Waals surface area contributed by atoms with Gasteiger partial charge in [0, 0.05) is 6.54 Å². The van der Waals surface area contributed by atoms with Gasteiger partial charge in [-0.3, -0.25) is 4.79 Å². The molecule has 21 heavy (non-hydrogen) atoms. The third kappa shape index (κ3) is 3.72. The van der Waals surface area contributed by atoms with Gasteiger partial charge in [-0.15, -0.1) is 0 Å². The lowest BCUT2D eigenvalue weighted by atomic mass is 10.3. The van der Waals surface area contributed by atoms with Gasteiger partial charge in [-0.25, -0.2) is 13.1 Å². The Balaban J connectivity index is 2.31. The number of furan rings is 1. The highest BCUT2D eigenvalue weighted by atomic mass is 79.9. The number of sulfonamides is 1. The van der Waals surface area contributed by atoms with Crippen molar-refractivity contribution in [3.63, 3.8) is 0 Å². The van der Waals surface area contributed by atoms with E-state index in [1.165, 1.54) is 18.2 Å². The summed E-state index contributed by atoms with van der Waals surface area (Å²) in [5.74, 6) is -0.447. The molecule has 8 heteroatoms. The van der Waals surface area contributed by atoms with Gasteiger partial charge in [0.15, 0.2) is 10.4 Å². The SMILES string of the molecule is CCNS(=O)(=O)c1ccccc1NC(=O)c1ccc(Br)o1. The van der Waals surface area contributed by atoms with Crippen LogP contribution >= 0.6 is 15.9 Å². The minimum absolute atomic E-state index is 0.00539. The Kier molecular flexibility index (Phi) is 4.81. The second-order valence-corrected chi connectivity index (χ2v) is 6.57. The third-order valence-electron chi connectivity index (χ3n) is 2.56. The van der Waals surface area contributed by atoms with Crippen molar-refractivity contribution >= 4 is 37.5 Å². The molecule has 0 bridgehead atoms. The number of amides is 1. The van der Waals surface area contributed by atoms with E-state index in [-0.39, 0.29) is 22.9 Å². The van der Waals surface area contributed by atoms with E-state index in [2.05, 4.69) is 26.0 Å². The van der Waals surface area contributed by atoms with Gasteiger partial charge in [0.25, 0.3) is 5.91 Å². The molecule has 2 aromatic rings. The Morgan fingerprint density at radius 1 is 1.24 bits per heavy atom. The van der Waals surface area contributed by atoms with Crippen molar-refractivity contribution in [1.29, 1.82) is 0 Å². The first-order valence-corrected chi connectivity index (χ1v) is 8.37. The van der Waals surface area contributed by atoms with E-state index in [4.69, 9.17) is 4.42 Å². The van der Waals surface area contributed by atoms with Crippen molar-refractivity contribution in [3.05, 3.63) is 46.8 Å². The first-order chi connectivity index (χ1) is 9.94. The summed E-state index contributed by atoms with van der Waals surface area (Å²) < 4.78 is 32.1.